The minimum atomic E-state index is -0.379. The van der Waals surface area contributed by atoms with Gasteiger partial charge in [0.1, 0.15) is 6.61 Å². The van der Waals surface area contributed by atoms with E-state index in [0.717, 1.165) is 73.2 Å². The van der Waals surface area contributed by atoms with Crippen LogP contribution >= 0.6 is 23.4 Å². The topological polar surface area (TPSA) is 62.7 Å². The summed E-state index contributed by atoms with van der Waals surface area (Å²) in [7, 11) is 0. The van der Waals surface area contributed by atoms with Crippen LogP contribution in [0.4, 0.5) is 0 Å². The van der Waals surface area contributed by atoms with Crippen LogP contribution in [0.3, 0.4) is 0 Å². The molecule has 1 aliphatic carbocycles. The number of halogens is 1. The number of thioether (sulfide) groups is 1. The number of nitrogens with zero attached hydrogens (tertiary/aromatic N) is 2. The number of esters is 1. The van der Waals surface area contributed by atoms with E-state index >= 15 is 0 Å². The van der Waals surface area contributed by atoms with E-state index in [2.05, 4.69) is 85.5 Å². The highest BCUT2D eigenvalue weighted by Crippen LogP contribution is 2.53. The van der Waals surface area contributed by atoms with Gasteiger partial charge in [-0.1, -0.05) is 92.2 Å². The monoisotopic (exact) mass is 684 g/mol. The summed E-state index contributed by atoms with van der Waals surface area (Å²) in [6.07, 6.45) is 8.98. The number of carbonyl (C=O) groups is 1. The molecule has 5 nitrogen and oxygen atoms in total. The molecular formula is C41H49ClN2O3S. The van der Waals surface area contributed by atoms with Crippen molar-refractivity contribution < 1.29 is 14.6 Å². The fourth-order valence-electron chi connectivity index (χ4n) is 6.21. The van der Waals surface area contributed by atoms with E-state index in [-0.39, 0.29) is 22.7 Å². The Morgan fingerprint density at radius 2 is 1.79 bits per heavy atom. The summed E-state index contributed by atoms with van der Waals surface area (Å²) in [6, 6.07) is 27.1. The molecule has 0 amide bonds. The molecule has 1 aromatic heterocycles. The number of benzene rings is 3. The molecule has 3 aromatic carbocycles. The lowest BCUT2D eigenvalue weighted by molar-refractivity contribution is -0.145. The van der Waals surface area contributed by atoms with Crippen LogP contribution in [0, 0.1) is 5.41 Å². The highest BCUT2D eigenvalue weighted by Gasteiger charge is 2.45. The lowest BCUT2D eigenvalue weighted by Crippen LogP contribution is -2.28. The molecule has 0 radical (unpaired) electrons. The van der Waals surface area contributed by atoms with E-state index in [4.69, 9.17) is 21.3 Å². The van der Waals surface area contributed by atoms with Crippen LogP contribution < -0.4 is 0 Å². The largest absolute Gasteiger partial charge is 0.464 e. The molecule has 2 atom stereocenters. The Morgan fingerprint density at radius 3 is 2.54 bits per heavy atom. The maximum absolute atomic E-state index is 12.8. The third kappa shape index (κ3) is 10.7. The maximum Gasteiger partial charge on any atom is 0.306 e. The first-order valence-electron chi connectivity index (χ1n) is 17.3. The van der Waals surface area contributed by atoms with Crippen LogP contribution in [0.2, 0.25) is 5.02 Å². The molecule has 1 unspecified atom stereocenters. The Morgan fingerprint density at radius 1 is 1.02 bits per heavy atom. The number of hydrogen-bond donors (Lipinski definition) is 1. The zero-order valence-electron chi connectivity index (χ0n) is 28.5. The summed E-state index contributed by atoms with van der Waals surface area (Å²) in [5.41, 5.74) is 6.71. The molecule has 0 bridgehead atoms. The number of aromatic nitrogens is 1. The number of carbonyl (C=O) groups excluding carboxylic acids is 1. The molecule has 5 rings (SSSR count). The number of likely N-dealkylation sites (N-methyl/N-ethyl adjacent to an activating group) is 1. The smallest absolute Gasteiger partial charge is 0.306 e. The van der Waals surface area contributed by atoms with Crippen LogP contribution in [0.1, 0.15) is 79.7 Å². The van der Waals surface area contributed by atoms with Crippen LogP contribution in [0.15, 0.2) is 78.9 Å². The van der Waals surface area contributed by atoms with Crippen molar-refractivity contribution in [2.24, 2.45) is 5.41 Å². The first-order chi connectivity index (χ1) is 23.3. The fourth-order valence-corrected chi connectivity index (χ4v) is 7.94. The zero-order chi connectivity index (χ0) is 33.9. The number of aliphatic hydroxyl groups is 1. The van der Waals surface area contributed by atoms with Gasteiger partial charge in [0.05, 0.1) is 23.7 Å². The lowest BCUT2D eigenvalue weighted by atomic mass is 9.96. The number of hydrogen-bond acceptors (Lipinski definition) is 6. The molecule has 0 saturated heterocycles. The molecule has 1 heterocycles. The second-order valence-corrected chi connectivity index (χ2v) is 14.8. The molecule has 4 aromatic rings. The number of ether oxygens (including phenoxy) is 1. The quantitative estimate of drug-likeness (QED) is 0.105. The predicted molar refractivity (Wildman–Crippen MR) is 203 cm³/mol. The standard InChI is InChI=1S/C41H49ClN2O3S/c1-4-44(5-2)23-24-47-40(46)28-41(21-22-41)29-48-39(20-16-32-10-6-7-11-34(32)25-30(3)45)35-12-8-9-31(26-35)13-18-37-19-15-33-14-17-36(42)27-38(33)43-37/h6-15,17-19,26-27,30,39,45H,4-5,16,20-25,28-29H2,1-3H3/t30?,39-/m1/s1. The van der Waals surface area contributed by atoms with E-state index in [1.807, 2.05) is 43.0 Å². The van der Waals surface area contributed by atoms with Gasteiger partial charge < -0.3 is 14.7 Å². The third-order valence-electron chi connectivity index (χ3n) is 9.35. The molecule has 0 aliphatic heterocycles. The SMILES string of the molecule is CCN(CC)CCOC(=O)CC1(CS[C@H](CCc2ccccc2CC(C)O)c2cccc(C=Cc3ccc4ccc(Cl)cc4n3)c2)CC1. The summed E-state index contributed by atoms with van der Waals surface area (Å²) in [6.45, 7) is 9.29. The van der Waals surface area contributed by atoms with Crippen molar-refractivity contribution in [1.82, 2.24) is 9.88 Å². The van der Waals surface area contributed by atoms with Gasteiger partial charge in [0, 0.05) is 28.0 Å². The van der Waals surface area contributed by atoms with Gasteiger partial charge in [0.15, 0.2) is 0 Å². The minimum Gasteiger partial charge on any atom is -0.464 e. The first kappa shape index (κ1) is 36.1. The highest BCUT2D eigenvalue weighted by atomic mass is 35.5. The van der Waals surface area contributed by atoms with Gasteiger partial charge in [0.2, 0.25) is 0 Å². The van der Waals surface area contributed by atoms with Crippen molar-refractivity contribution >= 4 is 52.4 Å². The van der Waals surface area contributed by atoms with Crippen molar-refractivity contribution in [3.05, 3.63) is 112 Å². The van der Waals surface area contributed by atoms with Crippen molar-refractivity contribution in [3.8, 4) is 0 Å². The van der Waals surface area contributed by atoms with Crippen molar-refractivity contribution in [2.75, 3.05) is 32.0 Å². The predicted octanol–water partition coefficient (Wildman–Crippen LogP) is 9.44. The van der Waals surface area contributed by atoms with Crippen LogP contribution in [0.5, 0.6) is 0 Å². The summed E-state index contributed by atoms with van der Waals surface area (Å²) in [5, 5.41) is 12.1. The Balaban J connectivity index is 1.29. The van der Waals surface area contributed by atoms with Gasteiger partial charge in [-0.05, 0) is 104 Å². The van der Waals surface area contributed by atoms with Crippen molar-refractivity contribution in [1.29, 1.82) is 0 Å². The average molecular weight is 685 g/mol. The van der Waals surface area contributed by atoms with E-state index in [1.54, 1.807) is 0 Å². The molecule has 1 saturated carbocycles. The molecule has 254 valence electrons. The summed E-state index contributed by atoms with van der Waals surface area (Å²) >= 11 is 8.19. The normalized spacial score (nSPS) is 15.2. The molecule has 48 heavy (non-hydrogen) atoms. The molecule has 1 aliphatic rings. The van der Waals surface area contributed by atoms with Gasteiger partial charge in [-0.25, -0.2) is 4.98 Å². The second kappa shape index (κ2) is 17.5. The second-order valence-electron chi connectivity index (χ2n) is 13.2. The maximum atomic E-state index is 12.8. The number of rotatable bonds is 18. The van der Waals surface area contributed by atoms with E-state index in [1.165, 1.54) is 16.7 Å². The van der Waals surface area contributed by atoms with Gasteiger partial charge >= 0.3 is 5.97 Å². The van der Waals surface area contributed by atoms with Crippen molar-refractivity contribution in [3.63, 3.8) is 0 Å². The van der Waals surface area contributed by atoms with E-state index in [0.29, 0.717) is 24.5 Å². The third-order valence-corrected chi connectivity index (χ3v) is 11.3. The average Bonchev–Trinajstić information content (AvgIpc) is 3.85. The highest BCUT2D eigenvalue weighted by molar-refractivity contribution is 7.99. The number of fused-ring (bicyclic) bond motifs is 1. The Bertz CT molecular complexity index is 1680. The number of pyridine rings is 1. The Kier molecular flexibility index (Phi) is 13.2. The van der Waals surface area contributed by atoms with E-state index in [9.17, 15) is 9.90 Å². The molecule has 1 N–H and O–H groups in total. The number of aryl methyl sites for hydroxylation is 1. The van der Waals surface area contributed by atoms with Crippen LogP contribution in [-0.2, 0) is 22.4 Å². The summed E-state index contributed by atoms with van der Waals surface area (Å²) in [4.78, 5) is 19.9. The van der Waals surface area contributed by atoms with Gasteiger partial charge in [-0.3, -0.25) is 4.79 Å². The van der Waals surface area contributed by atoms with Gasteiger partial charge in [-0.15, -0.1) is 0 Å². The summed E-state index contributed by atoms with van der Waals surface area (Å²) in [5.74, 6) is 0.863. The Hall–Kier alpha value is -3.16. The Labute approximate surface area is 295 Å². The van der Waals surface area contributed by atoms with Gasteiger partial charge in [-0.2, -0.15) is 11.8 Å². The van der Waals surface area contributed by atoms with Gasteiger partial charge in [0.25, 0.3) is 0 Å². The molecule has 0 spiro atoms. The molecule has 7 heteroatoms. The minimum absolute atomic E-state index is 0.0294. The summed E-state index contributed by atoms with van der Waals surface area (Å²) < 4.78 is 5.67. The fraction of sp³-hybridized carbons (Fsp3) is 0.415. The molecular weight excluding hydrogens is 636 g/mol. The lowest BCUT2D eigenvalue weighted by Gasteiger charge is -2.22. The number of aliphatic hydroxyl groups excluding tert-OH is 1. The van der Waals surface area contributed by atoms with Crippen LogP contribution in [-0.4, -0.2) is 59.1 Å². The zero-order valence-corrected chi connectivity index (χ0v) is 30.1. The van der Waals surface area contributed by atoms with Crippen LogP contribution in [0.25, 0.3) is 23.1 Å². The first-order valence-corrected chi connectivity index (χ1v) is 18.8. The molecule has 1 fully saturated rings. The van der Waals surface area contributed by atoms with Crippen molar-refractivity contribution in [2.45, 2.75) is 70.7 Å². The van der Waals surface area contributed by atoms with E-state index < -0.39 is 0 Å².